The van der Waals surface area contributed by atoms with Gasteiger partial charge in [-0.05, 0) is 44.9 Å². The fourth-order valence-electron chi connectivity index (χ4n) is 2.60. The second-order valence-corrected chi connectivity index (χ2v) is 6.91. The second-order valence-electron chi connectivity index (χ2n) is 5.71. The van der Waals surface area contributed by atoms with E-state index in [0.717, 1.165) is 32.4 Å². The molecule has 1 aromatic carbocycles. The number of aryl methyl sites for hydroxylation is 4. The van der Waals surface area contributed by atoms with Crippen LogP contribution in [0.15, 0.2) is 24.0 Å². The van der Waals surface area contributed by atoms with Crippen LogP contribution in [0.1, 0.15) is 26.7 Å². The van der Waals surface area contributed by atoms with Crippen LogP contribution >= 0.6 is 11.3 Å². The summed E-state index contributed by atoms with van der Waals surface area (Å²) in [7, 11) is 0. The van der Waals surface area contributed by atoms with Crippen molar-refractivity contribution in [1.82, 2.24) is 4.98 Å². The lowest BCUT2D eigenvalue weighted by atomic mass is 10.1. The molecule has 3 rings (SSSR count). The van der Waals surface area contributed by atoms with Gasteiger partial charge in [0.15, 0.2) is 0 Å². The van der Waals surface area contributed by atoms with Crippen LogP contribution in [0.4, 0.5) is 5.69 Å². The molecule has 1 aliphatic rings. The van der Waals surface area contributed by atoms with Crippen molar-refractivity contribution in [3.05, 3.63) is 50.7 Å². The van der Waals surface area contributed by atoms with Gasteiger partial charge in [-0.3, -0.25) is 5.41 Å². The van der Waals surface area contributed by atoms with Gasteiger partial charge in [-0.2, -0.15) is 0 Å². The lowest BCUT2D eigenvalue weighted by Crippen LogP contribution is -2.26. The van der Waals surface area contributed by atoms with Crippen LogP contribution in [-0.4, -0.2) is 22.5 Å². The first-order valence-corrected chi connectivity index (χ1v) is 8.00. The zero-order valence-corrected chi connectivity index (χ0v) is 14.0. The number of rotatable bonds is 2. The Morgan fingerprint density at radius 3 is 2.59 bits per heavy atom. The minimum absolute atomic E-state index is 0.222. The standard InChI is InChI=1S/C17H19N3OS/c1-9-5-6-10(2)13(7-9)20-8-14(21)15(16(20)18)17-19-11(3)12(4)22-17/h5-7,18,21H,8H2,1-4H3. The Bertz CT molecular complexity index is 785. The second kappa shape index (κ2) is 5.25. The first-order chi connectivity index (χ1) is 10.4. The summed E-state index contributed by atoms with van der Waals surface area (Å²) < 4.78 is 0. The third-order valence-corrected chi connectivity index (χ3v) is 5.09. The molecule has 0 radical (unpaired) electrons. The van der Waals surface area contributed by atoms with Gasteiger partial charge in [-0.1, -0.05) is 12.1 Å². The lowest BCUT2D eigenvalue weighted by Gasteiger charge is -2.21. The Kier molecular flexibility index (Phi) is 3.53. The van der Waals surface area contributed by atoms with Crippen LogP contribution in [0, 0.1) is 33.1 Å². The summed E-state index contributed by atoms with van der Waals surface area (Å²) in [6, 6.07) is 6.16. The molecule has 2 aromatic rings. The molecule has 4 nitrogen and oxygen atoms in total. The molecule has 0 bridgehead atoms. The molecular formula is C17H19N3OS. The van der Waals surface area contributed by atoms with Crippen LogP contribution in [0.3, 0.4) is 0 Å². The zero-order chi connectivity index (χ0) is 16.0. The van der Waals surface area contributed by atoms with E-state index in [1.165, 1.54) is 11.3 Å². The van der Waals surface area contributed by atoms with Crippen molar-refractivity contribution in [2.75, 3.05) is 11.4 Å². The monoisotopic (exact) mass is 313 g/mol. The number of aliphatic hydroxyl groups is 1. The Morgan fingerprint density at radius 1 is 1.23 bits per heavy atom. The predicted octanol–water partition coefficient (Wildman–Crippen LogP) is 4.14. The van der Waals surface area contributed by atoms with Crippen molar-refractivity contribution in [3.8, 4) is 0 Å². The quantitative estimate of drug-likeness (QED) is 0.876. The van der Waals surface area contributed by atoms with Crippen molar-refractivity contribution in [3.63, 3.8) is 0 Å². The summed E-state index contributed by atoms with van der Waals surface area (Å²) in [5, 5.41) is 19.6. The molecule has 1 aromatic heterocycles. The van der Waals surface area contributed by atoms with E-state index in [-0.39, 0.29) is 5.76 Å². The highest BCUT2D eigenvalue weighted by Crippen LogP contribution is 2.35. The van der Waals surface area contributed by atoms with Crippen molar-refractivity contribution < 1.29 is 5.11 Å². The molecule has 0 saturated carbocycles. The molecule has 0 saturated heterocycles. The maximum atomic E-state index is 10.4. The van der Waals surface area contributed by atoms with Gasteiger partial charge in [0.05, 0.1) is 17.8 Å². The number of nitrogens with one attached hydrogen (secondary N) is 1. The summed E-state index contributed by atoms with van der Waals surface area (Å²) in [6.45, 7) is 8.35. The van der Waals surface area contributed by atoms with Gasteiger partial charge in [-0.25, -0.2) is 4.98 Å². The lowest BCUT2D eigenvalue weighted by molar-refractivity contribution is 0.411. The Balaban J connectivity index is 2.01. The third-order valence-electron chi connectivity index (χ3n) is 4.00. The van der Waals surface area contributed by atoms with E-state index >= 15 is 0 Å². The number of aliphatic hydroxyl groups excluding tert-OH is 1. The Hall–Kier alpha value is -2.14. The zero-order valence-electron chi connectivity index (χ0n) is 13.2. The molecule has 0 atom stereocenters. The summed E-state index contributed by atoms with van der Waals surface area (Å²) in [5.74, 6) is 0.541. The number of aromatic nitrogens is 1. The Labute approximate surface area is 134 Å². The number of hydrogen-bond acceptors (Lipinski definition) is 4. The van der Waals surface area contributed by atoms with E-state index in [9.17, 15) is 5.11 Å². The van der Waals surface area contributed by atoms with Crippen LogP contribution in [-0.2, 0) is 0 Å². The number of hydrogen-bond donors (Lipinski definition) is 2. The molecule has 0 aliphatic carbocycles. The fraction of sp³-hybridized carbons (Fsp3) is 0.294. The number of nitrogens with zero attached hydrogens (tertiary/aromatic N) is 2. The number of anilines is 1. The molecule has 5 heteroatoms. The molecule has 0 unspecified atom stereocenters. The molecule has 0 spiro atoms. The average molecular weight is 313 g/mol. The van der Waals surface area contributed by atoms with Gasteiger partial charge in [0.1, 0.15) is 16.6 Å². The van der Waals surface area contributed by atoms with Gasteiger partial charge in [0, 0.05) is 10.6 Å². The SMILES string of the molecule is Cc1ccc(C)c(N2CC(O)=C(c3nc(C)c(C)s3)C2=N)c1. The van der Waals surface area contributed by atoms with E-state index in [0.29, 0.717) is 18.0 Å². The van der Waals surface area contributed by atoms with Gasteiger partial charge in [0.25, 0.3) is 0 Å². The minimum atomic E-state index is 0.222. The third kappa shape index (κ3) is 2.31. The largest absolute Gasteiger partial charge is 0.510 e. The van der Waals surface area contributed by atoms with Gasteiger partial charge in [0.2, 0.25) is 0 Å². The summed E-state index contributed by atoms with van der Waals surface area (Å²) >= 11 is 1.53. The molecular weight excluding hydrogens is 294 g/mol. The van der Waals surface area contributed by atoms with Crippen LogP contribution < -0.4 is 4.90 Å². The van der Waals surface area contributed by atoms with E-state index in [2.05, 4.69) is 17.1 Å². The number of thiazole rings is 1. The Morgan fingerprint density at radius 2 is 1.95 bits per heavy atom. The average Bonchev–Trinajstić information content (AvgIpc) is 2.93. The van der Waals surface area contributed by atoms with Gasteiger partial charge < -0.3 is 10.0 Å². The van der Waals surface area contributed by atoms with E-state index in [4.69, 9.17) is 5.41 Å². The minimum Gasteiger partial charge on any atom is -0.510 e. The molecule has 2 heterocycles. The van der Waals surface area contributed by atoms with E-state index < -0.39 is 0 Å². The topological polar surface area (TPSA) is 60.2 Å². The van der Waals surface area contributed by atoms with Gasteiger partial charge >= 0.3 is 0 Å². The highest BCUT2D eigenvalue weighted by atomic mass is 32.1. The summed E-state index contributed by atoms with van der Waals surface area (Å²) in [5.41, 5.74) is 4.72. The van der Waals surface area contributed by atoms with Crippen molar-refractivity contribution in [2.45, 2.75) is 27.7 Å². The van der Waals surface area contributed by atoms with Crippen molar-refractivity contribution in [2.24, 2.45) is 0 Å². The number of amidine groups is 1. The highest BCUT2D eigenvalue weighted by molar-refractivity contribution is 7.13. The highest BCUT2D eigenvalue weighted by Gasteiger charge is 2.32. The molecule has 0 fully saturated rings. The van der Waals surface area contributed by atoms with Gasteiger partial charge in [-0.15, -0.1) is 11.3 Å². The molecule has 114 valence electrons. The van der Waals surface area contributed by atoms with Crippen LogP contribution in [0.5, 0.6) is 0 Å². The molecule has 0 amide bonds. The predicted molar refractivity (Wildman–Crippen MR) is 92.1 cm³/mol. The van der Waals surface area contributed by atoms with Crippen molar-refractivity contribution >= 4 is 28.4 Å². The van der Waals surface area contributed by atoms with Crippen LogP contribution in [0.25, 0.3) is 5.57 Å². The molecule has 2 N–H and O–H groups in total. The maximum Gasteiger partial charge on any atom is 0.139 e. The molecule has 22 heavy (non-hydrogen) atoms. The van der Waals surface area contributed by atoms with Crippen molar-refractivity contribution in [1.29, 1.82) is 5.41 Å². The number of benzene rings is 1. The first kappa shape index (κ1) is 14.8. The fourth-order valence-corrected chi connectivity index (χ4v) is 3.58. The molecule has 1 aliphatic heterocycles. The maximum absolute atomic E-state index is 10.4. The smallest absolute Gasteiger partial charge is 0.139 e. The van der Waals surface area contributed by atoms with E-state index in [1.54, 1.807) is 0 Å². The first-order valence-electron chi connectivity index (χ1n) is 7.18. The van der Waals surface area contributed by atoms with E-state index in [1.807, 2.05) is 38.7 Å². The summed E-state index contributed by atoms with van der Waals surface area (Å²) in [4.78, 5) is 7.46. The van der Waals surface area contributed by atoms with Crippen LogP contribution in [0.2, 0.25) is 0 Å². The normalized spacial score (nSPS) is 15.1. The summed E-state index contributed by atoms with van der Waals surface area (Å²) in [6.07, 6.45) is 0.